The summed E-state index contributed by atoms with van der Waals surface area (Å²) in [7, 11) is 0. The molecule has 0 saturated heterocycles. The fourth-order valence-corrected chi connectivity index (χ4v) is 1.65. The van der Waals surface area contributed by atoms with Crippen molar-refractivity contribution in [1.82, 2.24) is 5.32 Å². The van der Waals surface area contributed by atoms with Crippen molar-refractivity contribution in [2.45, 2.75) is 26.0 Å². The Morgan fingerprint density at radius 3 is 2.81 bits per heavy atom. The van der Waals surface area contributed by atoms with Gasteiger partial charge in [-0.2, -0.15) is 0 Å². The number of ether oxygens (including phenoxy) is 2. The van der Waals surface area contributed by atoms with Crippen molar-refractivity contribution in [2.75, 3.05) is 13.3 Å². The maximum Gasteiger partial charge on any atom is 0.231 e. The van der Waals surface area contributed by atoms with E-state index >= 15 is 0 Å². The molecule has 4 heteroatoms. The molecule has 0 aliphatic carbocycles. The van der Waals surface area contributed by atoms with Gasteiger partial charge in [0.05, 0.1) is 6.10 Å². The third-order valence-electron chi connectivity index (χ3n) is 2.62. The molecule has 0 bridgehead atoms. The second-order valence-electron chi connectivity index (χ2n) is 4.09. The molecule has 1 aliphatic rings. The van der Waals surface area contributed by atoms with Crippen LogP contribution in [0.1, 0.15) is 25.5 Å². The third kappa shape index (κ3) is 2.46. The molecule has 1 aromatic rings. The van der Waals surface area contributed by atoms with Gasteiger partial charge in [0.2, 0.25) is 6.79 Å². The molecule has 16 heavy (non-hydrogen) atoms. The molecule has 0 spiro atoms. The Bertz CT molecular complexity index is 365. The molecule has 0 radical (unpaired) electrons. The molecule has 88 valence electrons. The molecule has 0 saturated carbocycles. The molecule has 0 fully saturated rings. The molecule has 1 aliphatic heterocycles. The van der Waals surface area contributed by atoms with Gasteiger partial charge in [-0.05, 0) is 31.5 Å². The maximum atomic E-state index is 9.20. The van der Waals surface area contributed by atoms with Crippen molar-refractivity contribution in [1.29, 1.82) is 0 Å². The van der Waals surface area contributed by atoms with E-state index in [0.717, 1.165) is 17.1 Å². The Morgan fingerprint density at radius 1 is 1.31 bits per heavy atom. The van der Waals surface area contributed by atoms with Gasteiger partial charge in [-0.3, -0.25) is 0 Å². The normalized spacial score (nSPS) is 17.2. The van der Waals surface area contributed by atoms with Gasteiger partial charge in [0.25, 0.3) is 0 Å². The van der Waals surface area contributed by atoms with Gasteiger partial charge in [0.1, 0.15) is 0 Å². The van der Waals surface area contributed by atoms with Gasteiger partial charge in [0.15, 0.2) is 11.5 Å². The summed E-state index contributed by atoms with van der Waals surface area (Å²) >= 11 is 0. The Morgan fingerprint density at radius 2 is 2.06 bits per heavy atom. The molecule has 1 heterocycles. The van der Waals surface area contributed by atoms with Crippen LogP contribution in [0, 0.1) is 0 Å². The van der Waals surface area contributed by atoms with Gasteiger partial charge in [-0.1, -0.05) is 6.07 Å². The summed E-state index contributed by atoms with van der Waals surface area (Å²) in [5, 5.41) is 12.4. The summed E-state index contributed by atoms with van der Waals surface area (Å²) < 4.78 is 10.6. The van der Waals surface area contributed by atoms with E-state index in [4.69, 9.17) is 9.47 Å². The van der Waals surface area contributed by atoms with Crippen LogP contribution in [0.25, 0.3) is 0 Å². The lowest BCUT2D eigenvalue weighted by molar-refractivity contribution is 0.174. The van der Waals surface area contributed by atoms with Crippen LogP contribution in [0.15, 0.2) is 18.2 Å². The smallest absolute Gasteiger partial charge is 0.231 e. The Hall–Kier alpha value is -1.26. The molecule has 2 atom stereocenters. The molecular weight excluding hydrogens is 206 g/mol. The third-order valence-corrected chi connectivity index (χ3v) is 2.62. The quantitative estimate of drug-likeness (QED) is 0.811. The first-order chi connectivity index (χ1) is 7.66. The number of hydrogen-bond acceptors (Lipinski definition) is 4. The molecule has 2 N–H and O–H groups in total. The van der Waals surface area contributed by atoms with Crippen molar-refractivity contribution in [3.05, 3.63) is 23.8 Å². The number of rotatable bonds is 4. The standard InChI is InChI=1S/C12H17NO3/c1-8(14)6-13-9(2)10-3-4-11-12(5-10)16-7-15-11/h3-5,8-9,13-14H,6-7H2,1-2H3. The lowest BCUT2D eigenvalue weighted by atomic mass is 10.1. The zero-order chi connectivity index (χ0) is 11.5. The first-order valence-electron chi connectivity index (χ1n) is 5.48. The van der Waals surface area contributed by atoms with Gasteiger partial charge in [0, 0.05) is 12.6 Å². The van der Waals surface area contributed by atoms with Crippen LogP contribution in [0.2, 0.25) is 0 Å². The average Bonchev–Trinajstić information content (AvgIpc) is 2.72. The van der Waals surface area contributed by atoms with Crippen molar-refractivity contribution >= 4 is 0 Å². The van der Waals surface area contributed by atoms with E-state index in [9.17, 15) is 5.11 Å². The fourth-order valence-electron chi connectivity index (χ4n) is 1.65. The van der Waals surface area contributed by atoms with Crippen LogP contribution in [-0.4, -0.2) is 24.5 Å². The van der Waals surface area contributed by atoms with E-state index < -0.39 is 0 Å². The highest BCUT2D eigenvalue weighted by Gasteiger charge is 2.15. The van der Waals surface area contributed by atoms with Crippen LogP contribution in [0.4, 0.5) is 0 Å². The van der Waals surface area contributed by atoms with Crippen molar-refractivity contribution in [3.8, 4) is 11.5 Å². The lowest BCUT2D eigenvalue weighted by Gasteiger charge is -2.15. The molecule has 2 rings (SSSR count). The van der Waals surface area contributed by atoms with Crippen molar-refractivity contribution in [3.63, 3.8) is 0 Å². The Labute approximate surface area is 95.2 Å². The number of benzene rings is 1. The van der Waals surface area contributed by atoms with E-state index in [1.165, 1.54) is 0 Å². The highest BCUT2D eigenvalue weighted by atomic mass is 16.7. The summed E-state index contributed by atoms with van der Waals surface area (Å²) in [6.07, 6.45) is -0.337. The van der Waals surface area contributed by atoms with Gasteiger partial charge in [-0.25, -0.2) is 0 Å². The van der Waals surface area contributed by atoms with Crippen LogP contribution in [0.5, 0.6) is 11.5 Å². The Balaban J connectivity index is 2.03. The minimum atomic E-state index is -0.337. The van der Waals surface area contributed by atoms with E-state index in [0.29, 0.717) is 13.3 Å². The molecule has 0 aromatic heterocycles. The van der Waals surface area contributed by atoms with Gasteiger partial charge < -0.3 is 19.9 Å². The van der Waals surface area contributed by atoms with Crippen molar-refractivity contribution < 1.29 is 14.6 Å². The van der Waals surface area contributed by atoms with Crippen LogP contribution in [-0.2, 0) is 0 Å². The van der Waals surface area contributed by atoms with E-state index in [1.807, 2.05) is 18.2 Å². The number of aliphatic hydroxyl groups excluding tert-OH is 1. The summed E-state index contributed by atoms with van der Waals surface area (Å²) in [4.78, 5) is 0. The molecule has 0 amide bonds. The zero-order valence-corrected chi connectivity index (χ0v) is 9.56. The number of aliphatic hydroxyl groups is 1. The molecule has 2 unspecified atom stereocenters. The Kier molecular flexibility index (Phi) is 3.31. The monoisotopic (exact) mass is 223 g/mol. The highest BCUT2D eigenvalue weighted by Crippen LogP contribution is 2.33. The predicted molar refractivity (Wildman–Crippen MR) is 60.7 cm³/mol. The minimum Gasteiger partial charge on any atom is -0.454 e. The predicted octanol–water partition coefficient (Wildman–Crippen LogP) is 1.45. The van der Waals surface area contributed by atoms with E-state index in [1.54, 1.807) is 6.92 Å². The summed E-state index contributed by atoms with van der Waals surface area (Å²) in [6.45, 7) is 4.70. The molecule has 4 nitrogen and oxygen atoms in total. The summed E-state index contributed by atoms with van der Waals surface area (Å²) in [5.41, 5.74) is 1.13. The maximum absolute atomic E-state index is 9.20. The van der Waals surface area contributed by atoms with E-state index in [-0.39, 0.29) is 12.1 Å². The first kappa shape index (κ1) is 11.2. The van der Waals surface area contributed by atoms with Gasteiger partial charge >= 0.3 is 0 Å². The van der Waals surface area contributed by atoms with E-state index in [2.05, 4.69) is 12.2 Å². The largest absolute Gasteiger partial charge is 0.454 e. The molecule has 1 aromatic carbocycles. The summed E-state index contributed by atoms with van der Waals surface area (Å²) in [5.74, 6) is 1.59. The number of hydrogen-bond donors (Lipinski definition) is 2. The SMILES string of the molecule is CC(O)CNC(C)c1ccc2c(c1)OCO2. The van der Waals surface area contributed by atoms with Crippen LogP contribution < -0.4 is 14.8 Å². The number of fused-ring (bicyclic) bond motifs is 1. The minimum absolute atomic E-state index is 0.184. The summed E-state index contributed by atoms with van der Waals surface area (Å²) in [6, 6.07) is 6.08. The first-order valence-corrected chi connectivity index (χ1v) is 5.48. The second kappa shape index (κ2) is 4.72. The van der Waals surface area contributed by atoms with Gasteiger partial charge in [-0.15, -0.1) is 0 Å². The van der Waals surface area contributed by atoms with Crippen LogP contribution >= 0.6 is 0 Å². The second-order valence-corrected chi connectivity index (χ2v) is 4.09. The number of nitrogens with one attached hydrogen (secondary N) is 1. The highest BCUT2D eigenvalue weighted by molar-refractivity contribution is 5.45. The zero-order valence-electron chi connectivity index (χ0n) is 9.56. The molecular formula is C12H17NO3. The van der Waals surface area contributed by atoms with Crippen LogP contribution in [0.3, 0.4) is 0 Å². The topological polar surface area (TPSA) is 50.7 Å². The lowest BCUT2D eigenvalue weighted by Crippen LogP contribution is -2.27. The fraction of sp³-hybridized carbons (Fsp3) is 0.500. The average molecular weight is 223 g/mol. The van der Waals surface area contributed by atoms with Crippen molar-refractivity contribution in [2.24, 2.45) is 0 Å².